The first kappa shape index (κ1) is 11.7. The monoisotopic (exact) mass is 199 g/mol. The summed E-state index contributed by atoms with van der Waals surface area (Å²) in [6, 6.07) is 0.450. The maximum atomic E-state index is 13.3. The van der Waals surface area contributed by atoms with Crippen LogP contribution in [0, 0.1) is 23.7 Å². The molecular weight excluding hydrogens is 177 g/mol. The number of allylic oxidation sites excluding steroid dienone is 2. The fourth-order valence-electron chi connectivity index (χ4n) is 2.37. The van der Waals surface area contributed by atoms with E-state index in [0.717, 1.165) is 0 Å². The minimum Gasteiger partial charge on any atom is -0.317 e. The van der Waals surface area contributed by atoms with Crippen LogP contribution in [0.25, 0.3) is 0 Å². The molecule has 0 amide bonds. The lowest BCUT2D eigenvalue weighted by Gasteiger charge is -2.38. The highest BCUT2D eigenvalue weighted by Crippen LogP contribution is 2.42. The fourth-order valence-corrected chi connectivity index (χ4v) is 2.37. The van der Waals surface area contributed by atoms with Crippen molar-refractivity contribution in [2.75, 3.05) is 7.05 Å². The molecule has 0 saturated carbocycles. The van der Waals surface area contributed by atoms with E-state index >= 15 is 0 Å². The van der Waals surface area contributed by atoms with E-state index in [2.05, 4.69) is 33.0 Å². The van der Waals surface area contributed by atoms with Crippen molar-refractivity contribution in [2.45, 2.75) is 33.7 Å². The first-order chi connectivity index (χ1) is 6.49. The minimum absolute atomic E-state index is 0.0974. The van der Waals surface area contributed by atoms with Gasteiger partial charge in [-0.15, -0.1) is 0 Å². The molecule has 0 fully saturated rings. The number of hydrogen-bond donors (Lipinski definition) is 1. The molecule has 14 heavy (non-hydrogen) atoms. The van der Waals surface area contributed by atoms with Crippen LogP contribution in [-0.2, 0) is 0 Å². The largest absolute Gasteiger partial charge is 0.317 e. The van der Waals surface area contributed by atoms with E-state index in [1.165, 1.54) is 0 Å². The van der Waals surface area contributed by atoms with Gasteiger partial charge in [-0.3, -0.25) is 0 Å². The van der Waals surface area contributed by atoms with Gasteiger partial charge in [0.25, 0.3) is 0 Å². The molecule has 0 radical (unpaired) electrons. The predicted octanol–water partition coefficient (Wildman–Crippen LogP) is 2.99. The van der Waals surface area contributed by atoms with Crippen molar-refractivity contribution >= 4 is 0 Å². The standard InChI is InChI=1S/C12H22FN/c1-7-6-11(13)12(7)9(3)8(2)10(4)14-5/h6-10,12,14H,1-5H3/t7?,8?,9?,10-,12+/m0/s1. The second-order valence-corrected chi connectivity index (χ2v) is 4.73. The first-order valence-corrected chi connectivity index (χ1v) is 5.53. The van der Waals surface area contributed by atoms with Crippen LogP contribution in [0.3, 0.4) is 0 Å². The minimum atomic E-state index is 0.0974. The van der Waals surface area contributed by atoms with E-state index in [1.54, 1.807) is 6.08 Å². The molecule has 0 aromatic heterocycles. The Morgan fingerprint density at radius 2 is 1.93 bits per heavy atom. The van der Waals surface area contributed by atoms with Crippen LogP contribution in [0.15, 0.2) is 11.9 Å². The van der Waals surface area contributed by atoms with Gasteiger partial charge in [-0.2, -0.15) is 0 Å². The quantitative estimate of drug-likeness (QED) is 0.734. The van der Waals surface area contributed by atoms with Gasteiger partial charge in [-0.25, -0.2) is 4.39 Å². The van der Waals surface area contributed by atoms with E-state index < -0.39 is 0 Å². The van der Waals surface area contributed by atoms with Crippen molar-refractivity contribution < 1.29 is 4.39 Å². The molecule has 1 aliphatic rings. The van der Waals surface area contributed by atoms with Gasteiger partial charge in [0.05, 0.1) is 0 Å². The third kappa shape index (κ3) is 2.00. The van der Waals surface area contributed by atoms with Crippen LogP contribution in [0.5, 0.6) is 0 Å². The molecule has 1 aliphatic carbocycles. The molecule has 5 atom stereocenters. The summed E-state index contributed by atoms with van der Waals surface area (Å²) in [4.78, 5) is 0. The third-order valence-corrected chi connectivity index (χ3v) is 3.95. The third-order valence-electron chi connectivity index (χ3n) is 3.95. The lowest BCUT2D eigenvalue weighted by atomic mass is 9.69. The summed E-state index contributed by atoms with van der Waals surface area (Å²) < 4.78 is 13.3. The van der Waals surface area contributed by atoms with Gasteiger partial charge in [-0.05, 0) is 37.8 Å². The smallest absolute Gasteiger partial charge is 0.100 e. The average molecular weight is 199 g/mol. The van der Waals surface area contributed by atoms with Crippen molar-refractivity contribution in [1.29, 1.82) is 0 Å². The van der Waals surface area contributed by atoms with Crippen molar-refractivity contribution in [3.05, 3.63) is 11.9 Å². The maximum absolute atomic E-state index is 13.3. The highest BCUT2D eigenvalue weighted by Gasteiger charge is 2.37. The Morgan fingerprint density at radius 3 is 2.29 bits per heavy atom. The summed E-state index contributed by atoms with van der Waals surface area (Å²) in [5.41, 5.74) is 0. The summed E-state index contributed by atoms with van der Waals surface area (Å²) in [6.45, 7) is 8.61. The molecule has 0 heterocycles. The predicted molar refractivity (Wildman–Crippen MR) is 58.7 cm³/mol. The number of halogens is 1. The molecule has 3 unspecified atom stereocenters. The molecule has 1 N–H and O–H groups in total. The van der Waals surface area contributed by atoms with Gasteiger partial charge < -0.3 is 5.32 Å². The van der Waals surface area contributed by atoms with Gasteiger partial charge in [0.15, 0.2) is 0 Å². The van der Waals surface area contributed by atoms with Crippen molar-refractivity contribution in [3.63, 3.8) is 0 Å². The van der Waals surface area contributed by atoms with Crippen LogP contribution in [0.2, 0.25) is 0 Å². The molecule has 0 aromatic carbocycles. The Bertz CT molecular complexity index is 224. The topological polar surface area (TPSA) is 12.0 Å². The first-order valence-electron chi connectivity index (χ1n) is 5.53. The Labute approximate surface area is 86.8 Å². The van der Waals surface area contributed by atoms with Crippen LogP contribution < -0.4 is 5.32 Å². The number of nitrogens with one attached hydrogen (secondary N) is 1. The van der Waals surface area contributed by atoms with E-state index in [9.17, 15) is 4.39 Å². The van der Waals surface area contributed by atoms with Crippen molar-refractivity contribution in [1.82, 2.24) is 5.32 Å². The Hall–Kier alpha value is -0.370. The maximum Gasteiger partial charge on any atom is 0.100 e. The zero-order chi connectivity index (χ0) is 10.9. The van der Waals surface area contributed by atoms with Gasteiger partial charge >= 0.3 is 0 Å². The molecule has 0 bridgehead atoms. The highest BCUT2D eigenvalue weighted by atomic mass is 19.1. The van der Waals surface area contributed by atoms with Crippen molar-refractivity contribution in [2.24, 2.45) is 23.7 Å². The Balaban J connectivity index is 2.57. The lowest BCUT2D eigenvalue weighted by Crippen LogP contribution is -2.39. The lowest BCUT2D eigenvalue weighted by molar-refractivity contribution is 0.167. The van der Waals surface area contributed by atoms with E-state index in [1.807, 2.05) is 7.05 Å². The summed E-state index contributed by atoms with van der Waals surface area (Å²) in [5.74, 6) is 1.59. The molecule has 0 spiro atoms. The van der Waals surface area contributed by atoms with Crippen molar-refractivity contribution in [3.8, 4) is 0 Å². The van der Waals surface area contributed by atoms with Crippen LogP contribution in [0.4, 0.5) is 4.39 Å². The molecule has 0 aliphatic heterocycles. The van der Waals surface area contributed by atoms with E-state index in [-0.39, 0.29) is 11.7 Å². The normalized spacial score (nSPS) is 32.9. The van der Waals surface area contributed by atoms with Crippen LogP contribution in [0.1, 0.15) is 27.7 Å². The number of rotatable bonds is 4. The van der Waals surface area contributed by atoms with Gasteiger partial charge in [0.2, 0.25) is 0 Å². The Kier molecular flexibility index (Phi) is 3.71. The molecular formula is C12H22FN. The summed E-state index contributed by atoms with van der Waals surface area (Å²) in [6.07, 6.45) is 1.73. The van der Waals surface area contributed by atoms with Gasteiger partial charge in [-0.1, -0.05) is 20.8 Å². The Morgan fingerprint density at radius 1 is 1.36 bits per heavy atom. The SMILES string of the molecule is CN[C@@H](C)C(C)C(C)[C@@H]1C(F)=CC1C. The molecule has 1 rings (SSSR count). The zero-order valence-corrected chi connectivity index (χ0v) is 9.84. The van der Waals surface area contributed by atoms with Crippen LogP contribution in [-0.4, -0.2) is 13.1 Å². The summed E-state index contributed by atoms with van der Waals surface area (Å²) in [5, 5.41) is 3.24. The number of hydrogen-bond acceptors (Lipinski definition) is 1. The second-order valence-electron chi connectivity index (χ2n) is 4.73. The van der Waals surface area contributed by atoms with E-state index in [0.29, 0.717) is 23.8 Å². The van der Waals surface area contributed by atoms with Gasteiger partial charge in [0, 0.05) is 12.0 Å². The highest BCUT2D eigenvalue weighted by molar-refractivity contribution is 5.16. The second kappa shape index (κ2) is 4.43. The average Bonchev–Trinajstić information content (AvgIpc) is 2.14. The zero-order valence-electron chi connectivity index (χ0n) is 9.84. The van der Waals surface area contributed by atoms with Crippen LogP contribution >= 0.6 is 0 Å². The molecule has 2 heteroatoms. The summed E-state index contributed by atoms with van der Waals surface area (Å²) >= 11 is 0. The molecule has 0 saturated heterocycles. The van der Waals surface area contributed by atoms with E-state index in [4.69, 9.17) is 0 Å². The fraction of sp³-hybridized carbons (Fsp3) is 0.833. The molecule has 82 valence electrons. The molecule has 0 aromatic rings. The molecule has 1 nitrogen and oxygen atoms in total. The summed E-state index contributed by atoms with van der Waals surface area (Å²) in [7, 11) is 1.96. The van der Waals surface area contributed by atoms with Gasteiger partial charge in [0.1, 0.15) is 5.83 Å².